The van der Waals surface area contributed by atoms with Gasteiger partial charge in [-0.05, 0) is 36.0 Å². The normalized spacial score (nSPS) is 23.0. The summed E-state index contributed by atoms with van der Waals surface area (Å²) in [5, 5.41) is 0. The predicted octanol–water partition coefficient (Wildman–Crippen LogP) is 4.09. The van der Waals surface area contributed by atoms with E-state index in [1.807, 2.05) is 35.2 Å². The number of piperidine rings is 1. The third-order valence-electron chi connectivity index (χ3n) is 5.40. The van der Waals surface area contributed by atoms with Crippen molar-refractivity contribution in [3.05, 3.63) is 71.7 Å². The number of nitrogens with zero attached hydrogens (tertiary/aromatic N) is 2. The molecule has 2 atom stereocenters. The molecular formula is C23H23FN2O2. The zero-order chi connectivity index (χ0) is 19.8. The minimum atomic E-state index is -0.585. The monoisotopic (exact) mass is 378 g/mol. The molecule has 144 valence electrons. The van der Waals surface area contributed by atoms with Crippen molar-refractivity contribution in [3.63, 3.8) is 0 Å². The lowest BCUT2D eigenvalue weighted by Gasteiger charge is -2.37. The van der Waals surface area contributed by atoms with Gasteiger partial charge in [0.2, 0.25) is 0 Å². The number of benzene rings is 2. The van der Waals surface area contributed by atoms with Crippen molar-refractivity contribution in [2.45, 2.75) is 20.3 Å². The SMILES string of the molecule is CC1CC(C)CN(C2=C(c3ccccc3)C(=O)N(c3ccccc3F)C2=O)C1. The van der Waals surface area contributed by atoms with E-state index in [2.05, 4.69) is 13.8 Å². The van der Waals surface area contributed by atoms with Crippen LogP contribution in [0.1, 0.15) is 25.8 Å². The summed E-state index contributed by atoms with van der Waals surface area (Å²) in [4.78, 5) is 29.7. The lowest BCUT2D eigenvalue weighted by Crippen LogP contribution is -2.42. The molecule has 28 heavy (non-hydrogen) atoms. The first-order valence-corrected chi connectivity index (χ1v) is 9.65. The average molecular weight is 378 g/mol. The highest BCUT2D eigenvalue weighted by molar-refractivity contribution is 6.45. The number of rotatable bonds is 3. The molecule has 2 amide bonds. The molecule has 0 aromatic heterocycles. The molecule has 0 N–H and O–H groups in total. The van der Waals surface area contributed by atoms with E-state index in [1.165, 1.54) is 12.1 Å². The Kier molecular flexibility index (Phi) is 4.75. The van der Waals surface area contributed by atoms with E-state index in [-0.39, 0.29) is 5.69 Å². The van der Waals surface area contributed by atoms with Crippen LogP contribution in [0.4, 0.5) is 10.1 Å². The van der Waals surface area contributed by atoms with Crippen LogP contribution in [0, 0.1) is 17.7 Å². The predicted molar refractivity (Wildman–Crippen MR) is 107 cm³/mol. The van der Waals surface area contributed by atoms with Crippen LogP contribution >= 0.6 is 0 Å². The molecule has 2 aliphatic rings. The Morgan fingerprint density at radius 3 is 2.11 bits per heavy atom. The van der Waals surface area contributed by atoms with Crippen LogP contribution < -0.4 is 4.90 Å². The number of imide groups is 1. The summed E-state index contributed by atoms with van der Waals surface area (Å²) >= 11 is 0. The molecule has 2 unspecified atom stereocenters. The van der Waals surface area contributed by atoms with Gasteiger partial charge in [0.1, 0.15) is 11.5 Å². The fourth-order valence-electron chi connectivity index (χ4n) is 4.37. The fraction of sp³-hybridized carbons (Fsp3) is 0.304. The molecule has 4 nitrogen and oxygen atoms in total. The van der Waals surface area contributed by atoms with E-state index in [0.29, 0.717) is 41.8 Å². The van der Waals surface area contributed by atoms with Crippen molar-refractivity contribution < 1.29 is 14.0 Å². The van der Waals surface area contributed by atoms with Gasteiger partial charge >= 0.3 is 0 Å². The number of carbonyl (C=O) groups is 2. The number of carbonyl (C=O) groups excluding carboxylic acids is 2. The molecular weight excluding hydrogens is 355 g/mol. The first kappa shape index (κ1) is 18.4. The second-order valence-corrected chi connectivity index (χ2v) is 7.84. The van der Waals surface area contributed by atoms with Gasteiger partial charge < -0.3 is 4.90 Å². The zero-order valence-corrected chi connectivity index (χ0v) is 16.1. The lowest BCUT2D eigenvalue weighted by atomic mass is 9.91. The van der Waals surface area contributed by atoms with Crippen LogP contribution in [0.3, 0.4) is 0 Å². The Hall–Kier alpha value is -2.95. The number of anilines is 1. The van der Waals surface area contributed by atoms with E-state index in [1.54, 1.807) is 12.1 Å². The van der Waals surface area contributed by atoms with Gasteiger partial charge in [0.15, 0.2) is 0 Å². The Morgan fingerprint density at radius 2 is 1.46 bits per heavy atom. The minimum Gasteiger partial charge on any atom is -0.366 e. The van der Waals surface area contributed by atoms with Crippen LogP contribution in [-0.4, -0.2) is 29.8 Å². The van der Waals surface area contributed by atoms with Gasteiger partial charge in [0.05, 0.1) is 11.3 Å². The number of hydrogen-bond donors (Lipinski definition) is 0. The highest BCUT2D eigenvalue weighted by atomic mass is 19.1. The molecule has 2 heterocycles. The van der Waals surface area contributed by atoms with Crippen LogP contribution in [0.2, 0.25) is 0 Å². The van der Waals surface area contributed by atoms with E-state index >= 15 is 0 Å². The smallest absolute Gasteiger partial charge is 0.282 e. The van der Waals surface area contributed by atoms with Gasteiger partial charge in [0, 0.05) is 13.1 Å². The Labute approximate surface area is 164 Å². The maximum absolute atomic E-state index is 14.4. The Balaban J connectivity index is 1.85. The largest absolute Gasteiger partial charge is 0.366 e. The van der Waals surface area contributed by atoms with Gasteiger partial charge in [-0.15, -0.1) is 0 Å². The second-order valence-electron chi connectivity index (χ2n) is 7.84. The molecule has 4 rings (SSSR count). The number of halogens is 1. The topological polar surface area (TPSA) is 40.6 Å². The summed E-state index contributed by atoms with van der Waals surface area (Å²) in [6.45, 7) is 5.73. The molecule has 1 fully saturated rings. The molecule has 1 saturated heterocycles. The van der Waals surface area contributed by atoms with Crippen molar-refractivity contribution >= 4 is 23.1 Å². The van der Waals surface area contributed by atoms with Crippen molar-refractivity contribution in [1.82, 2.24) is 4.90 Å². The Morgan fingerprint density at radius 1 is 0.857 bits per heavy atom. The van der Waals surface area contributed by atoms with Crippen molar-refractivity contribution in [2.75, 3.05) is 18.0 Å². The van der Waals surface area contributed by atoms with E-state index in [9.17, 15) is 14.0 Å². The summed E-state index contributed by atoms with van der Waals surface area (Å²) in [6.07, 6.45) is 1.09. The summed E-state index contributed by atoms with van der Waals surface area (Å²) in [5.74, 6) is -0.673. The molecule has 2 aliphatic heterocycles. The maximum Gasteiger partial charge on any atom is 0.282 e. The molecule has 0 bridgehead atoms. The van der Waals surface area contributed by atoms with Crippen molar-refractivity contribution in [2.24, 2.45) is 11.8 Å². The molecule has 0 aliphatic carbocycles. The molecule has 0 saturated carbocycles. The number of para-hydroxylation sites is 1. The zero-order valence-electron chi connectivity index (χ0n) is 16.1. The van der Waals surface area contributed by atoms with Gasteiger partial charge in [-0.1, -0.05) is 56.3 Å². The van der Waals surface area contributed by atoms with E-state index in [0.717, 1.165) is 11.3 Å². The molecule has 0 radical (unpaired) electrons. The third kappa shape index (κ3) is 3.11. The van der Waals surface area contributed by atoms with Gasteiger partial charge in [0.25, 0.3) is 11.8 Å². The molecule has 5 heteroatoms. The van der Waals surface area contributed by atoms with Crippen LogP contribution in [-0.2, 0) is 9.59 Å². The molecule has 0 spiro atoms. The number of hydrogen-bond acceptors (Lipinski definition) is 3. The third-order valence-corrected chi connectivity index (χ3v) is 5.40. The first-order valence-electron chi connectivity index (χ1n) is 9.65. The van der Waals surface area contributed by atoms with E-state index < -0.39 is 17.6 Å². The number of likely N-dealkylation sites (tertiary alicyclic amines) is 1. The standard InChI is InChI=1S/C23H23FN2O2/c1-15-12-16(2)14-25(13-15)21-20(17-8-4-3-5-9-17)22(27)26(23(21)28)19-11-7-6-10-18(19)24/h3-11,15-16H,12-14H2,1-2H3. The number of amides is 2. The fourth-order valence-corrected chi connectivity index (χ4v) is 4.37. The van der Waals surface area contributed by atoms with Gasteiger partial charge in [-0.3, -0.25) is 9.59 Å². The van der Waals surface area contributed by atoms with Gasteiger partial charge in [-0.2, -0.15) is 0 Å². The quantitative estimate of drug-likeness (QED) is 0.756. The summed E-state index contributed by atoms with van der Waals surface area (Å²) in [6, 6.07) is 15.1. The molecule has 2 aromatic carbocycles. The van der Waals surface area contributed by atoms with Gasteiger partial charge in [-0.25, -0.2) is 9.29 Å². The minimum absolute atomic E-state index is 0.000891. The first-order chi connectivity index (χ1) is 13.5. The summed E-state index contributed by atoms with van der Waals surface area (Å²) in [5.41, 5.74) is 1.42. The maximum atomic E-state index is 14.4. The van der Waals surface area contributed by atoms with Crippen LogP contribution in [0.5, 0.6) is 0 Å². The highest BCUT2D eigenvalue weighted by Crippen LogP contribution is 2.37. The van der Waals surface area contributed by atoms with Crippen molar-refractivity contribution in [3.8, 4) is 0 Å². The summed E-state index contributed by atoms with van der Waals surface area (Å²) in [7, 11) is 0. The summed E-state index contributed by atoms with van der Waals surface area (Å²) < 4.78 is 14.4. The Bertz CT molecular complexity index is 944. The average Bonchev–Trinajstić information content (AvgIpc) is 2.93. The molecule has 2 aromatic rings. The van der Waals surface area contributed by atoms with Crippen LogP contribution in [0.25, 0.3) is 5.57 Å². The van der Waals surface area contributed by atoms with Crippen molar-refractivity contribution in [1.29, 1.82) is 0 Å². The van der Waals surface area contributed by atoms with Crippen LogP contribution in [0.15, 0.2) is 60.3 Å². The highest BCUT2D eigenvalue weighted by Gasteiger charge is 2.44. The van der Waals surface area contributed by atoms with E-state index in [4.69, 9.17) is 0 Å². The second kappa shape index (κ2) is 7.23. The lowest BCUT2D eigenvalue weighted by molar-refractivity contribution is -0.121.